The third-order valence-corrected chi connectivity index (χ3v) is 3.68. The molecule has 0 heterocycles. The van der Waals surface area contributed by atoms with Gasteiger partial charge in [0.05, 0.1) is 22.8 Å². The summed E-state index contributed by atoms with van der Waals surface area (Å²) in [5.41, 5.74) is 2.57. The maximum absolute atomic E-state index is 6.15. The Morgan fingerprint density at radius 1 is 1.10 bits per heavy atom. The molecule has 0 amide bonds. The molecule has 0 aromatic heterocycles. The van der Waals surface area contributed by atoms with Gasteiger partial charge in [-0.2, -0.15) is 0 Å². The van der Waals surface area contributed by atoms with Crippen LogP contribution in [0.4, 0.5) is 11.4 Å². The van der Waals surface area contributed by atoms with Crippen LogP contribution in [0.25, 0.3) is 0 Å². The van der Waals surface area contributed by atoms with Crippen LogP contribution < -0.4 is 15.4 Å². The van der Waals surface area contributed by atoms with Gasteiger partial charge in [0.25, 0.3) is 0 Å². The van der Waals surface area contributed by atoms with E-state index in [4.69, 9.17) is 40.2 Å². The van der Waals surface area contributed by atoms with Crippen molar-refractivity contribution in [1.82, 2.24) is 0 Å². The molecule has 110 valence electrons. The fourth-order valence-electron chi connectivity index (χ4n) is 1.81. The van der Waals surface area contributed by atoms with Gasteiger partial charge in [-0.3, -0.25) is 0 Å². The van der Waals surface area contributed by atoms with Gasteiger partial charge in [-0.25, -0.2) is 0 Å². The number of para-hydroxylation sites is 1. The van der Waals surface area contributed by atoms with Crippen molar-refractivity contribution in [3.63, 3.8) is 0 Å². The summed E-state index contributed by atoms with van der Waals surface area (Å²) in [6.45, 7) is 1.96. The highest BCUT2D eigenvalue weighted by molar-refractivity contribution is 7.80. The molecule has 0 atom stereocenters. The Balaban J connectivity index is 2.10. The zero-order chi connectivity index (χ0) is 15.4. The molecule has 0 saturated carbocycles. The number of methoxy groups -OCH3 is 1. The molecule has 2 aromatic carbocycles. The first-order valence-corrected chi connectivity index (χ1v) is 7.34. The van der Waals surface area contributed by atoms with E-state index >= 15 is 0 Å². The lowest BCUT2D eigenvalue weighted by Gasteiger charge is -2.14. The monoisotopic (exact) mass is 340 g/mol. The van der Waals surface area contributed by atoms with Gasteiger partial charge in [0, 0.05) is 5.69 Å². The van der Waals surface area contributed by atoms with Crippen molar-refractivity contribution in [1.29, 1.82) is 0 Å². The SMILES string of the molecule is COc1ccc(NC(=S)Nc2c(C)cccc2Cl)cc1Cl. The lowest BCUT2D eigenvalue weighted by atomic mass is 10.2. The molecule has 6 heteroatoms. The van der Waals surface area contributed by atoms with Gasteiger partial charge >= 0.3 is 0 Å². The molecule has 2 rings (SSSR count). The van der Waals surface area contributed by atoms with Crippen molar-refractivity contribution in [2.24, 2.45) is 0 Å². The average Bonchev–Trinajstić information content (AvgIpc) is 2.43. The van der Waals surface area contributed by atoms with Gasteiger partial charge in [-0.1, -0.05) is 35.3 Å². The topological polar surface area (TPSA) is 33.3 Å². The van der Waals surface area contributed by atoms with Crippen molar-refractivity contribution < 1.29 is 4.74 Å². The van der Waals surface area contributed by atoms with E-state index in [2.05, 4.69) is 10.6 Å². The number of hydrogen-bond acceptors (Lipinski definition) is 2. The van der Waals surface area contributed by atoms with E-state index in [1.807, 2.05) is 31.2 Å². The summed E-state index contributed by atoms with van der Waals surface area (Å²) in [7, 11) is 1.57. The van der Waals surface area contributed by atoms with Crippen LogP contribution in [0.1, 0.15) is 5.56 Å². The molecule has 2 aromatic rings. The normalized spacial score (nSPS) is 10.1. The lowest BCUT2D eigenvalue weighted by Crippen LogP contribution is -2.19. The minimum absolute atomic E-state index is 0.437. The molecule has 0 spiro atoms. The molecule has 0 aliphatic rings. The van der Waals surface area contributed by atoms with E-state index in [1.54, 1.807) is 19.2 Å². The first kappa shape index (κ1) is 15.9. The van der Waals surface area contributed by atoms with Crippen molar-refractivity contribution in [2.45, 2.75) is 6.92 Å². The summed E-state index contributed by atoms with van der Waals surface area (Å²) in [5.74, 6) is 0.614. The highest BCUT2D eigenvalue weighted by Gasteiger charge is 2.07. The number of nitrogens with one attached hydrogen (secondary N) is 2. The van der Waals surface area contributed by atoms with Crippen LogP contribution in [0.5, 0.6) is 5.75 Å². The Morgan fingerprint density at radius 2 is 1.86 bits per heavy atom. The second kappa shape index (κ2) is 6.98. The second-order valence-electron chi connectivity index (χ2n) is 4.36. The lowest BCUT2D eigenvalue weighted by molar-refractivity contribution is 0.415. The van der Waals surface area contributed by atoms with Crippen molar-refractivity contribution in [3.8, 4) is 5.75 Å². The number of ether oxygens (including phenoxy) is 1. The third-order valence-electron chi connectivity index (χ3n) is 2.87. The fourth-order valence-corrected chi connectivity index (χ4v) is 2.56. The van der Waals surface area contributed by atoms with Gasteiger partial charge in [0.1, 0.15) is 5.75 Å². The fraction of sp³-hybridized carbons (Fsp3) is 0.133. The smallest absolute Gasteiger partial charge is 0.175 e. The number of thiocarbonyl (C=S) groups is 1. The van der Waals surface area contributed by atoms with E-state index in [1.165, 1.54) is 0 Å². The van der Waals surface area contributed by atoms with Gasteiger partial charge in [-0.15, -0.1) is 0 Å². The molecular weight excluding hydrogens is 327 g/mol. The van der Waals surface area contributed by atoms with Crippen LogP contribution in [0.15, 0.2) is 36.4 Å². The number of anilines is 2. The second-order valence-corrected chi connectivity index (χ2v) is 5.58. The Morgan fingerprint density at radius 3 is 2.48 bits per heavy atom. The minimum atomic E-state index is 0.437. The molecule has 0 aliphatic carbocycles. The van der Waals surface area contributed by atoms with E-state index in [-0.39, 0.29) is 0 Å². The van der Waals surface area contributed by atoms with Crippen LogP contribution in [-0.4, -0.2) is 12.2 Å². The van der Waals surface area contributed by atoms with Crippen LogP contribution >= 0.6 is 35.4 Å². The van der Waals surface area contributed by atoms with Crippen LogP contribution in [-0.2, 0) is 0 Å². The number of aryl methyl sites for hydroxylation is 1. The predicted octanol–water partition coefficient (Wildman–Crippen LogP) is 5.12. The number of halogens is 2. The van der Waals surface area contributed by atoms with Gasteiger partial charge in [0.15, 0.2) is 5.11 Å². The largest absolute Gasteiger partial charge is 0.495 e. The Labute approximate surface area is 139 Å². The summed E-state index contributed by atoms with van der Waals surface area (Å²) in [6, 6.07) is 11.0. The van der Waals surface area contributed by atoms with Crippen LogP contribution in [0, 0.1) is 6.92 Å². The van der Waals surface area contributed by atoms with Gasteiger partial charge in [0.2, 0.25) is 0 Å². The molecule has 0 aliphatic heterocycles. The maximum Gasteiger partial charge on any atom is 0.175 e. The number of hydrogen-bond donors (Lipinski definition) is 2. The summed E-state index contributed by atoms with van der Waals surface area (Å²) < 4.78 is 5.11. The van der Waals surface area contributed by atoms with E-state index in [9.17, 15) is 0 Å². The number of benzene rings is 2. The summed E-state index contributed by atoms with van der Waals surface area (Å²) in [6.07, 6.45) is 0. The van der Waals surface area contributed by atoms with Crippen LogP contribution in [0.3, 0.4) is 0 Å². The third kappa shape index (κ3) is 4.00. The predicted molar refractivity (Wildman–Crippen MR) is 94.0 cm³/mol. The zero-order valence-electron chi connectivity index (χ0n) is 11.5. The summed E-state index contributed by atoms with van der Waals surface area (Å²) in [4.78, 5) is 0. The Bertz CT molecular complexity index is 656. The summed E-state index contributed by atoms with van der Waals surface area (Å²) in [5, 5.41) is 7.72. The molecule has 21 heavy (non-hydrogen) atoms. The molecule has 2 N–H and O–H groups in total. The number of rotatable bonds is 3. The quantitative estimate of drug-likeness (QED) is 0.759. The molecular formula is C15H14Cl2N2OS. The molecule has 0 radical (unpaired) electrons. The zero-order valence-corrected chi connectivity index (χ0v) is 13.9. The first-order chi connectivity index (χ1) is 10.0. The first-order valence-electron chi connectivity index (χ1n) is 6.18. The van der Waals surface area contributed by atoms with Crippen molar-refractivity contribution in [3.05, 3.63) is 52.0 Å². The molecule has 0 fully saturated rings. The van der Waals surface area contributed by atoms with Crippen molar-refractivity contribution in [2.75, 3.05) is 17.7 Å². The highest BCUT2D eigenvalue weighted by Crippen LogP contribution is 2.28. The Kier molecular flexibility index (Phi) is 5.28. The molecule has 0 saturated heterocycles. The van der Waals surface area contributed by atoms with Crippen molar-refractivity contribution >= 4 is 51.9 Å². The molecule has 0 bridgehead atoms. The Hall–Kier alpha value is -1.49. The van der Waals surface area contributed by atoms with Gasteiger partial charge < -0.3 is 15.4 Å². The van der Waals surface area contributed by atoms with Gasteiger partial charge in [-0.05, 0) is 49.0 Å². The van der Waals surface area contributed by atoms with E-state index in [0.29, 0.717) is 20.9 Å². The molecule has 3 nitrogen and oxygen atoms in total. The minimum Gasteiger partial charge on any atom is -0.495 e. The van der Waals surface area contributed by atoms with E-state index in [0.717, 1.165) is 16.9 Å². The van der Waals surface area contributed by atoms with E-state index < -0.39 is 0 Å². The van der Waals surface area contributed by atoms with Crippen LogP contribution in [0.2, 0.25) is 10.0 Å². The average molecular weight is 341 g/mol. The standard InChI is InChI=1S/C15H14Cl2N2OS/c1-9-4-3-5-11(16)14(9)19-15(21)18-10-6-7-13(20-2)12(17)8-10/h3-8H,1-2H3,(H2,18,19,21). The maximum atomic E-state index is 6.15. The highest BCUT2D eigenvalue weighted by atomic mass is 35.5. The molecule has 0 unspecified atom stereocenters. The summed E-state index contributed by atoms with van der Waals surface area (Å²) >= 11 is 17.5.